The lowest BCUT2D eigenvalue weighted by atomic mass is 10.1. The molecule has 0 aliphatic carbocycles. The van der Waals surface area contributed by atoms with E-state index in [1.807, 2.05) is 31.2 Å². The molecule has 1 aliphatic heterocycles. The van der Waals surface area contributed by atoms with Crippen LogP contribution in [0.15, 0.2) is 72.1 Å². The summed E-state index contributed by atoms with van der Waals surface area (Å²) in [6, 6.07) is 18.1. The molecule has 2 heterocycles. The van der Waals surface area contributed by atoms with Crippen LogP contribution in [-0.4, -0.2) is 28.7 Å². The highest BCUT2D eigenvalue weighted by Crippen LogP contribution is 2.30. The number of carbonyl (C=O) groups excluding carboxylic acids is 4. The quantitative estimate of drug-likeness (QED) is 0.245. The smallest absolute Gasteiger partial charge is 0.338 e. The Kier molecular flexibility index (Phi) is 7.04. The molecule has 0 saturated heterocycles. The lowest BCUT2D eigenvalue weighted by molar-refractivity contribution is -0.115. The van der Waals surface area contributed by atoms with Crippen LogP contribution in [0.5, 0.6) is 0 Å². The number of hydrogen-bond donors (Lipinski definition) is 1. The summed E-state index contributed by atoms with van der Waals surface area (Å²) < 4.78 is 5.37. The zero-order chi connectivity index (χ0) is 26.8. The fourth-order valence-electron chi connectivity index (χ4n) is 3.89. The summed E-state index contributed by atoms with van der Waals surface area (Å²) in [7, 11) is 0. The van der Waals surface area contributed by atoms with Crippen molar-refractivity contribution < 1.29 is 23.9 Å². The van der Waals surface area contributed by atoms with E-state index in [1.54, 1.807) is 29.6 Å². The average Bonchev–Trinajstić information content (AvgIpc) is 3.45. The third-order valence-corrected chi connectivity index (χ3v) is 6.95. The number of aryl methyl sites for hydroxylation is 1. The van der Waals surface area contributed by atoms with Crippen LogP contribution in [0.3, 0.4) is 0 Å². The van der Waals surface area contributed by atoms with E-state index in [-0.39, 0.29) is 35.6 Å². The van der Waals surface area contributed by atoms with Crippen LogP contribution in [-0.2, 0) is 22.6 Å². The highest BCUT2D eigenvalue weighted by Gasteiger charge is 2.37. The van der Waals surface area contributed by atoms with Gasteiger partial charge in [-0.1, -0.05) is 29.3 Å². The number of thiazole rings is 1. The molecule has 0 bridgehead atoms. The standard InChI is InChI=1S/C28H20ClN3O5S/c1-16-2-7-19(8-3-16)30-24(33)13-25-31-20(15-38-25)14-37-28(36)17-4-11-22-23(12-17)27(35)32(26(22)34)21-9-5-18(29)6-10-21/h2-12,15H,13-14H2,1H3,(H,30,33). The van der Waals surface area contributed by atoms with Gasteiger partial charge in [-0.2, -0.15) is 0 Å². The molecule has 5 rings (SSSR count). The maximum absolute atomic E-state index is 12.9. The second-order valence-corrected chi connectivity index (χ2v) is 9.96. The van der Waals surface area contributed by atoms with Gasteiger partial charge in [0.15, 0.2) is 0 Å². The number of ether oxygens (including phenoxy) is 1. The number of benzene rings is 3. The van der Waals surface area contributed by atoms with Crippen molar-refractivity contribution in [3.8, 4) is 0 Å². The van der Waals surface area contributed by atoms with Crippen molar-refractivity contribution >= 4 is 58.0 Å². The Morgan fingerprint density at radius 1 is 0.974 bits per heavy atom. The minimum atomic E-state index is -0.662. The molecule has 1 N–H and O–H groups in total. The molecule has 0 fully saturated rings. The summed E-state index contributed by atoms with van der Waals surface area (Å²) in [6.45, 7) is 1.87. The molecule has 190 valence electrons. The Balaban J connectivity index is 1.20. The van der Waals surface area contributed by atoms with E-state index in [1.165, 1.54) is 29.5 Å². The van der Waals surface area contributed by atoms with Crippen molar-refractivity contribution in [3.05, 3.63) is 110 Å². The van der Waals surface area contributed by atoms with Crippen LogP contribution in [0, 0.1) is 6.92 Å². The minimum absolute atomic E-state index is 0.0948. The number of amides is 3. The molecular weight excluding hydrogens is 526 g/mol. The zero-order valence-corrected chi connectivity index (χ0v) is 21.6. The van der Waals surface area contributed by atoms with Crippen LogP contribution >= 0.6 is 22.9 Å². The van der Waals surface area contributed by atoms with E-state index in [9.17, 15) is 19.2 Å². The maximum Gasteiger partial charge on any atom is 0.338 e. The molecule has 4 aromatic rings. The number of carbonyl (C=O) groups is 4. The Labute approximate surface area is 226 Å². The van der Waals surface area contributed by atoms with Crippen LogP contribution in [0.1, 0.15) is 47.3 Å². The first-order chi connectivity index (χ1) is 18.3. The predicted molar refractivity (Wildman–Crippen MR) is 144 cm³/mol. The van der Waals surface area contributed by atoms with Crippen LogP contribution < -0.4 is 10.2 Å². The van der Waals surface area contributed by atoms with Crippen LogP contribution in [0.2, 0.25) is 5.02 Å². The number of esters is 1. The number of fused-ring (bicyclic) bond motifs is 1. The van der Waals surface area contributed by atoms with Gasteiger partial charge >= 0.3 is 5.97 Å². The summed E-state index contributed by atoms with van der Waals surface area (Å²) in [5, 5.41) is 5.61. The van der Waals surface area contributed by atoms with Gasteiger partial charge in [-0.3, -0.25) is 14.4 Å². The lowest BCUT2D eigenvalue weighted by Crippen LogP contribution is -2.29. The van der Waals surface area contributed by atoms with Gasteiger partial charge in [0, 0.05) is 16.1 Å². The lowest BCUT2D eigenvalue weighted by Gasteiger charge is -2.13. The molecule has 3 aromatic carbocycles. The first-order valence-corrected chi connectivity index (χ1v) is 12.8. The van der Waals surface area contributed by atoms with Crippen LogP contribution in [0.25, 0.3) is 0 Å². The van der Waals surface area contributed by atoms with Crippen molar-refractivity contribution in [3.63, 3.8) is 0 Å². The number of aromatic nitrogens is 1. The molecule has 3 amide bonds. The van der Waals surface area contributed by atoms with Gasteiger partial charge in [-0.05, 0) is 61.5 Å². The molecular formula is C28H20ClN3O5S. The fourth-order valence-corrected chi connectivity index (χ4v) is 4.79. The minimum Gasteiger partial charge on any atom is -0.456 e. The molecule has 38 heavy (non-hydrogen) atoms. The van der Waals surface area contributed by atoms with E-state index < -0.39 is 17.8 Å². The first kappa shape index (κ1) is 25.3. The highest BCUT2D eigenvalue weighted by atomic mass is 35.5. The molecule has 0 saturated carbocycles. The van der Waals surface area contributed by atoms with Crippen LogP contribution in [0.4, 0.5) is 11.4 Å². The first-order valence-electron chi connectivity index (χ1n) is 11.5. The number of rotatable bonds is 7. The molecule has 0 radical (unpaired) electrons. The second-order valence-electron chi connectivity index (χ2n) is 8.58. The third kappa shape index (κ3) is 5.34. The van der Waals surface area contributed by atoms with Gasteiger partial charge in [0.25, 0.3) is 11.8 Å². The Hall–Kier alpha value is -4.34. The Morgan fingerprint density at radius 2 is 1.68 bits per heavy atom. The SMILES string of the molecule is Cc1ccc(NC(=O)Cc2nc(COC(=O)c3ccc4c(c3)C(=O)N(c3ccc(Cl)cc3)C4=O)cs2)cc1. The highest BCUT2D eigenvalue weighted by molar-refractivity contribution is 7.09. The van der Waals surface area contributed by atoms with Crippen molar-refractivity contribution in [2.75, 3.05) is 10.2 Å². The summed E-state index contributed by atoms with van der Waals surface area (Å²) in [6.07, 6.45) is 0.0948. The van der Waals surface area contributed by atoms with Gasteiger partial charge in [-0.25, -0.2) is 14.7 Å². The summed E-state index contributed by atoms with van der Waals surface area (Å²) in [5.41, 5.74) is 3.15. The molecule has 0 unspecified atom stereocenters. The maximum atomic E-state index is 12.9. The van der Waals surface area contributed by atoms with Gasteiger partial charge in [0.2, 0.25) is 5.91 Å². The van der Waals surface area contributed by atoms with Gasteiger partial charge in [0.05, 0.1) is 34.5 Å². The number of hydrogen-bond acceptors (Lipinski definition) is 7. The van der Waals surface area contributed by atoms with Gasteiger partial charge in [-0.15, -0.1) is 11.3 Å². The van der Waals surface area contributed by atoms with E-state index >= 15 is 0 Å². The summed E-state index contributed by atoms with van der Waals surface area (Å²) >= 11 is 7.20. The van der Waals surface area contributed by atoms with Gasteiger partial charge in [0.1, 0.15) is 11.6 Å². The fraction of sp³-hybridized carbons (Fsp3) is 0.107. The molecule has 8 nitrogen and oxygen atoms in total. The molecule has 0 atom stereocenters. The molecule has 1 aromatic heterocycles. The van der Waals surface area contributed by atoms with Crippen molar-refractivity contribution in [2.24, 2.45) is 0 Å². The zero-order valence-electron chi connectivity index (χ0n) is 20.1. The van der Waals surface area contributed by atoms with Crippen molar-refractivity contribution in [2.45, 2.75) is 20.0 Å². The number of imide groups is 1. The van der Waals surface area contributed by atoms with Gasteiger partial charge < -0.3 is 10.1 Å². The average molecular weight is 546 g/mol. The van der Waals surface area contributed by atoms with E-state index in [0.29, 0.717) is 27.1 Å². The Morgan fingerprint density at radius 3 is 2.42 bits per heavy atom. The second kappa shape index (κ2) is 10.6. The van der Waals surface area contributed by atoms with E-state index in [4.69, 9.17) is 16.3 Å². The molecule has 1 aliphatic rings. The molecule has 0 spiro atoms. The molecule has 10 heteroatoms. The monoisotopic (exact) mass is 545 g/mol. The van der Waals surface area contributed by atoms with Crippen molar-refractivity contribution in [1.82, 2.24) is 4.98 Å². The normalized spacial score (nSPS) is 12.4. The van der Waals surface area contributed by atoms with Crippen molar-refractivity contribution in [1.29, 1.82) is 0 Å². The third-order valence-electron chi connectivity index (χ3n) is 5.80. The summed E-state index contributed by atoms with van der Waals surface area (Å²) in [5.74, 6) is -1.87. The van der Waals surface area contributed by atoms with E-state index in [0.717, 1.165) is 10.5 Å². The Bertz CT molecular complexity index is 1560. The number of anilines is 2. The van der Waals surface area contributed by atoms with E-state index in [2.05, 4.69) is 10.3 Å². The number of halogens is 1. The number of nitrogens with one attached hydrogen (secondary N) is 1. The summed E-state index contributed by atoms with van der Waals surface area (Å²) in [4.78, 5) is 56.1. The topological polar surface area (TPSA) is 106 Å². The largest absolute Gasteiger partial charge is 0.456 e. The predicted octanol–water partition coefficient (Wildman–Crippen LogP) is 5.44. The number of nitrogens with zero attached hydrogens (tertiary/aromatic N) is 2.